The Hall–Kier alpha value is -2.14. The molecule has 2 rings (SSSR count). The molecule has 2 aromatic rings. The molecule has 104 valence electrons. The van der Waals surface area contributed by atoms with Gasteiger partial charge in [-0.15, -0.1) is 11.3 Å². The monoisotopic (exact) mass is 287 g/mol. The number of nitrogens with one attached hydrogen (secondary N) is 1. The zero-order valence-corrected chi connectivity index (χ0v) is 12.6. The quantitative estimate of drug-likeness (QED) is 0.694. The number of rotatable bonds is 4. The van der Waals surface area contributed by atoms with Crippen molar-refractivity contribution in [3.8, 4) is 0 Å². The molecule has 5 heteroatoms. The number of nitrogens with zero attached hydrogens (tertiary/aromatic N) is 2. The molecule has 1 N–H and O–H groups in total. The Balaban J connectivity index is 1.94. The topological polar surface area (TPSA) is 44.7 Å². The number of hydrazone groups is 1. The molecule has 0 aliphatic rings. The highest BCUT2D eigenvalue weighted by Crippen LogP contribution is 2.14. The summed E-state index contributed by atoms with van der Waals surface area (Å²) in [7, 11) is 3.98. The van der Waals surface area contributed by atoms with Gasteiger partial charge in [0, 0.05) is 24.7 Å². The summed E-state index contributed by atoms with van der Waals surface area (Å²) < 4.78 is 0. The van der Waals surface area contributed by atoms with Crippen LogP contribution >= 0.6 is 11.3 Å². The highest BCUT2D eigenvalue weighted by atomic mass is 32.1. The molecule has 0 bridgehead atoms. The summed E-state index contributed by atoms with van der Waals surface area (Å²) in [5, 5.41) is 3.97. The van der Waals surface area contributed by atoms with Crippen LogP contribution in [0.4, 0.5) is 5.69 Å². The average molecular weight is 287 g/mol. The van der Waals surface area contributed by atoms with Crippen LogP contribution in [0.3, 0.4) is 0 Å². The smallest absolute Gasteiger partial charge is 0.281 e. The van der Waals surface area contributed by atoms with Crippen molar-refractivity contribution in [1.29, 1.82) is 0 Å². The van der Waals surface area contributed by atoms with Gasteiger partial charge in [0.25, 0.3) is 5.91 Å². The summed E-state index contributed by atoms with van der Waals surface area (Å²) in [5.74, 6) is -0.177. The van der Waals surface area contributed by atoms with Gasteiger partial charge >= 0.3 is 0 Å². The van der Waals surface area contributed by atoms with Gasteiger partial charge in [-0.25, -0.2) is 5.43 Å². The summed E-state index contributed by atoms with van der Waals surface area (Å²) in [6.07, 6.45) is 1.64. The Morgan fingerprint density at radius 1 is 1.20 bits per heavy atom. The number of carbonyl (C=O) groups excluding carboxylic acids is 1. The van der Waals surface area contributed by atoms with E-state index >= 15 is 0 Å². The minimum absolute atomic E-state index is 0.177. The van der Waals surface area contributed by atoms with Crippen molar-refractivity contribution >= 4 is 29.1 Å². The van der Waals surface area contributed by atoms with Crippen molar-refractivity contribution in [3.63, 3.8) is 0 Å². The summed E-state index contributed by atoms with van der Waals surface area (Å²) in [6.45, 7) is 1.97. The maximum atomic E-state index is 11.8. The van der Waals surface area contributed by atoms with E-state index in [2.05, 4.69) is 10.5 Å². The van der Waals surface area contributed by atoms with Gasteiger partial charge in [0.1, 0.15) is 0 Å². The van der Waals surface area contributed by atoms with E-state index in [1.807, 2.05) is 56.3 Å². The second-order valence-corrected chi connectivity index (χ2v) is 5.88. The van der Waals surface area contributed by atoms with E-state index in [1.54, 1.807) is 12.3 Å². The molecule has 0 fully saturated rings. The molecule has 0 aliphatic heterocycles. The van der Waals surface area contributed by atoms with Crippen LogP contribution in [0.1, 0.15) is 20.1 Å². The predicted molar refractivity (Wildman–Crippen MR) is 84.9 cm³/mol. The highest BCUT2D eigenvalue weighted by Gasteiger charge is 2.05. The molecule has 4 nitrogen and oxygen atoms in total. The fraction of sp³-hybridized carbons (Fsp3) is 0.200. The molecule has 0 radical (unpaired) electrons. The summed E-state index contributed by atoms with van der Waals surface area (Å²) in [6, 6.07) is 11.7. The Labute approximate surface area is 122 Å². The van der Waals surface area contributed by atoms with E-state index in [-0.39, 0.29) is 5.91 Å². The van der Waals surface area contributed by atoms with E-state index in [0.29, 0.717) is 4.88 Å². The third kappa shape index (κ3) is 3.68. The van der Waals surface area contributed by atoms with E-state index in [1.165, 1.54) is 11.3 Å². The van der Waals surface area contributed by atoms with Crippen molar-refractivity contribution in [3.05, 3.63) is 51.7 Å². The van der Waals surface area contributed by atoms with Crippen LogP contribution in [0.25, 0.3) is 0 Å². The molecule has 0 saturated carbocycles. The molecule has 1 amide bonds. The number of hydrogen-bond acceptors (Lipinski definition) is 4. The van der Waals surface area contributed by atoms with Crippen LogP contribution in [-0.4, -0.2) is 26.2 Å². The molecule has 0 unspecified atom stereocenters. The summed E-state index contributed by atoms with van der Waals surface area (Å²) in [5.41, 5.74) is 4.60. The molecular weight excluding hydrogens is 270 g/mol. The van der Waals surface area contributed by atoms with Crippen LogP contribution in [0.15, 0.2) is 41.5 Å². The lowest BCUT2D eigenvalue weighted by Gasteiger charge is -2.11. The van der Waals surface area contributed by atoms with E-state index in [0.717, 1.165) is 16.1 Å². The normalized spacial score (nSPS) is 10.8. The number of hydrogen-bond donors (Lipinski definition) is 1. The summed E-state index contributed by atoms with van der Waals surface area (Å²) in [4.78, 5) is 15.6. The van der Waals surface area contributed by atoms with Crippen molar-refractivity contribution < 1.29 is 4.79 Å². The van der Waals surface area contributed by atoms with Crippen molar-refractivity contribution in [2.75, 3.05) is 19.0 Å². The maximum Gasteiger partial charge on any atom is 0.281 e. The Kier molecular flexibility index (Phi) is 4.53. The molecule has 0 atom stereocenters. The van der Waals surface area contributed by atoms with Crippen LogP contribution in [0, 0.1) is 6.92 Å². The molecule has 1 aromatic heterocycles. The van der Waals surface area contributed by atoms with Gasteiger partial charge in [0.05, 0.1) is 11.1 Å². The lowest BCUT2D eigenvalue weighted by Crippen LogP contribution is -2.16. The van der Waals surface area contributed by atoms with Crippen LogP contribution < -0.4 is 10.3 Å². The van der Waals surface area contributed by atoms with Gasteiger partial charge in [-0.05, 0) is 36.8 Å². The zero-order chi connectivity index (χ0) is 14.5. The molecule has 0 saturated heterocycles. The molecule has 0 aliphatic carbocycles. The highest BCUT2D eigenvalue weighted by molar-refractivity contribution is 7.13. The lowest BCUT2D eigenvalue weighted by molar-refractivity contribution is 0.0959. The number of anilines is 1. The standard InChI is InChI=1S/C15H17N3OS/c1-11-4-9-14(20-11)15(19)17-16-10-12-5-7-13(8-6-12)18(2)3/h4-10H,1-3H3,(H,17,19)/b16-10-. The van der Waals surface area contributed by atoms with Gasteiger partial charge in [-0.3, -0.25) is 4.79 Å². The van der Waals surface area contributed by atoms with Gasteiger partial charge in [-0.1, -0.05) is 12.1 Å². The number of carbonyl (C=O) groups is 1. The van der Waals surface area contributed by atoms with Gasteiger partial charge < -0.3 is 4.90 Å². The van der Waals surface area contributed by atoms with Crippen molar-refractivity contribution in [2.45, 2.75) is 6.92 Å². The Morgan fingerprint density at radius 3 is 2.45 bits per heavy atom. The van der Waals surface area contributed by atoms with Crippen molar-refractivity contribution in [1.82, 2.24) is 5.43 Å². The average Bonchev–Trinajstić information content (AvgIpc) is 2.86. The first-order chi connectivity index (χ1) is 9.56. The third-order valence-electron chi connectivity index (χ3n) is 2.75. The molecule has 1 heterocycles. The second-order valence-electron chi connectivity index (χ2n) is 4.60. The third-order valence-corrected chi connectivity index (χ3v) is 3.75. The van der Waals surface area contributed by atoms with Gasteiger partial charge in [0.15, 0.2) is 0 Å². The Morgan fingerprint density at radius 2 is 1.90 bits per heavy atom. The fourth-order valence-corrected chi connectivity index (χ4v) is 2.39. The van der Waals surface area contributed by atoms with E-state index in [9.17, 15) is 4.79 Å². The maximum absolute atomic E-state index is 11.8. The lowest BCUT2D eigenvalue weighted by atomic mass is 10.2. The van der Waals surface area contributed by atoms with Crippen LogP contribution in [0.2, 0.25) is 0 Å². The first-order valence-corrected chi connectivity index (χ1v) is 7.05. The minimum Gasteiger partial charge on any atom is -0.378 e. The molecule has 20 heavy (non-hydrogen) atoms. The minimum atomic E-state index is -0.177. The van der Waals surface area contributed by atoms with Gasteiger partial charge in [0.2, 0.25) is 0 Å². The first kappa shape index (κ1) is 14.3. The SMILES string of the molecule is Cc1ccc(C(=O)N/N=C\c2ccc(N(C)C)cc2)s1. The number of amides is 1. The molecule has 1 aromatic carbocycles. The van der Waals surface area contributed by atoms with E-state index in [4.69, 9.17) is 0 Å². The predicted octanol–water partition coefficient (Wildman–Crippen LogP) is 2.89. The van der Waals surface area contributed by atoms with Crippen molar-refractivity contribution in [2.24, 2.45) is 5.10 Å². The largest absolute Gasteiger partial charge is 0.378 e. The second kappa shape index (κ2) is 6.34. The number of thiophene rings is 1. The van der Waals surface area contributed by atoms with Crippen LogP contribution in [-0.2, 0) is 0 Å². The first-order valence-electron chi connectivity index (χ1n) is 6.23. The van der Waals surface area contributed by atoms with Gasteiger partial charge in [-0.2, -0.15) is 5.10 Å². The number of aryl methyl sites for hydroxylation is 1. The number of benzene rings is 1. The Bertz CT molecular complexity index is 614. The summed E-state index contributed by atoms with van der Waals surface area (Å²) >= 11 is 1.46. The zero-order valence-electron chi connectivity index (χ0n) is 11.8. The molecule has 0 spiro atoms. The molecular formula is C15H17N3OS. The van der Waals surface area contributed by atoms with E-state index < -0.39 is 0 Å². The van der Waals surface area contributed by atoms with Crippen LogP contribution in [0.5, 0.6) is 0 Å². The fourth-order valence-electron chi connectivity index (χ4n) is 1.64.